The summed E-state index contributed by atoms with van der Waals surface area (Å²) in [7, 11) is 0. The Labute approximate surface area is 202 Å². The number of carbonyl (C=O) groups is 3. The average molecular weight is 474 g/mol. The van der Waals surface area contributed by atoms with Crippen molar-refractivity contribution in [2.24, 2.45) is 17.8 Å². The predicted molar refractivity (Wildman–Crippen MR) is 129 cm³/mol. The van der Waals surface area contributed by atoms with Gasteiger partial charge in [-0.25, -0.2) is 4.79 Å². The maximum atomic E-state index is 13.0. The Morgan fingerprint density at radius 2 is 1.91 bits per heavy atom. The van der Waals surface area contributed by atoms with Crippen molar-refractivity contribution in [1.82, 2.24) is 16.0 Å². The van der Waals surface area contributed by atoms with Gasteiger partial charge >= 0.3 is 6.09 Å². The van der Waals surface area contributed by atoms with Crippen molar-refractivity contribution in [2.75, 3.05) is 13.2 Å². The van der Waals surface area contributed by atoms with Gasteiger partial charge in [-0.05, 0) is 56.4 Å². The SMILES string of the molecule is CC(C)C[C@H](NC(=O)OC1CCCC1Cc1ccccc1)C(=O)N[C@H](CO)C[C@@H]1CCNC1=O. The number of rotatable bonds is 11. The maximum Gasteiger partial charge on any atom is 0.408 e. The first-order chi connectivity index (χ1) is 16.4. The molecule has 5 atom stereocenters. The highest BCUT2D eigenvalue weighted by atomic mass is 16.6. The van der Waals surface area contributed by atoms with Gasteiger partial charge in [-0.15, -0.1) is 0 Å². The molecule has 1 saturated heterocycles. The Morgan fingerprint density at radius 3 is 2.56 bits per heavy atom. The fourth-order valence-electron chi connectivity index (χ4n) is 5.02. The largest absolute Gasteiger partial charge is 0.446 e. The summed E-state index contributed by atoms with van der Waals surface area (Å²) in [6.07, 6.45) is 4.46. The molecule has 1 saturated carbocycles. The van der Waals surface area contributed by atoms with Crippen molar-refractivity contribution in [3.63, 3.8) is 0 Å². The molecular formula is C26H39N3O5. The number of alkyl carbamates (subject to hydrolysis) is 1. The van der Waals surface area contributed by atoms with Crippen LogP contribution in [-0.4, -0.2) is 54.4 Å². The van der Waals surface area contributed by atoms with Gasteiger partial charge < -0.3 is 25.8 Å². The molecule has 1 aromatic rings. The van der Waals surface area contributed by atoms with Gasteiger partial charge in [-0.2, -0.15) is 0 Å². The summed E-state index contributed by atoms with van der Waals surface area (Å²) in [5.41, 5.74) is 1.23. The van der Waals surface area contributed by atoms with E-state index in [0.717, 1.165) is 25.7 Å². The third kappa shape index (κ3) is 7.72. The van der Waals surface area contributed by atoms with Crippen LogP contribution in [0.15, 0.2) is 30.3 Å². The minimum Gasteiger partial charge on any atom is -0.446 e. The molecule has 1 aromatic carbocycles. The molecule has 3 amide bonds. The van der Waals surface area contributed by atoms with Crippen LogP contribution in [0.4, 0.5) is 4.79 Å². The van der Waals surface area contributed by atoms with Crippen LogP contribution in [0.25, 0.3) is 0 Å². The highest BCUT2D eigenvalue weighted by Gasteiger charge is 2.33. The zero-order valence-electron chi connectivity index (χ0n) is 20.3. The number of benzene rings is 1. The molecule has 1 heterocycles. The fourth-order valence-corrected chi connectivity index (χ4v) is 5.02. The van der Waals surface area contributed by atoms with Crippen LogP contribution in [0.1, 0.15) is 57.9 Å². The number of aliphatic hydroxyl groups excluding tert-OH is 1. The normalized spacial score (nSPS) is 23.9. The molecule has 2 aliphatic rings. The van der Waals surface area contributed by atoms with Gasteiger partial charge in [-0.3, -0.25) is 9.59 Å². The second-order valence-corrected chi connectivity index (χ2v) is 10.1. The van der Waals surface area contributed by atoms with Crippen LogP contribution in [0.2, 0.25) is 0 Å². The molecule has 34 heavy (non-hydrogen) atoms. The fraction of sp³-hybridized carbons (Fsp3) is 0.654. The van der Waals surface area contributed by atoms with Crippen LogP contribution in [0.3, 0.4) is 0 Å². The van der Waals surface area contributed by atoms with Gasteiger partial charge in [0.1, 0.15) is 12.1 Å². The van der Waals surface area contributed by atoms with E-state index in [1.807, 2.05) is 32.0 Å². The summed E-state index contributed by atoms with van der Waals surface area (Å²) in [5, 5.41) is 18.1. The molecule has 0 aromatic heterocycles. The third-order valence-corrected chi connectivity index (χ3v) is 6.80. The van der Waals surface area contributed by atoms with E-state index in [2.05, 4.69) is 28.1 Å². The van der Waals surface area contributed by atoms with Crippen LogP contribution in [0.5, 0.6) is 0 Å². The van der Waals surface area contributed by atoms with E-state index in [9.17, 15) is 19.5 Å². The van der Waals surface area contributed by atoms with E-state index in [4.69, 9.17) is 4.74 Å². The summed E-state index contributed by atoms with van der Waals surface area (Å²) in [6.45, 7) is 4.31. The number of amides is 3. The number of aliphatic hydroxyl groups is 1. The number of hydrogen-bond acceptors (Lipinski definition) is 5. The molecule has 0 radical (unpaired) electrons. The molecule has 0 bridgehead atoms. The van der Waals surface area contributed by atoms with Crippen molar-refractivity contribution in [1.29, 1.82) is 0 Å². The highest BCUT2D eigenvalue weighted by Crippen LogP contribution is 2.31. The van der Waals surface area contributed by atoms with Gasteiger partial charge in [0.2, 0.25) is 11.8 Å². The molecule has 3 rings (SSSR count). The van der Waals surface area contributed by atoms with E-state index >= 15 is 0 Å². The summed E-state index contributed by atoms with van der Waals surface area (Å²) in [4.78, 5) is 37.6. The lowest BCUT2D eigenvalue weighted by molar-refractivity contribution is -0.126. The van der Waals surface area contributed by atoms with Gasteiger partial charge in [0.25, 0.3) is 0 Å². The standard InChI is InChI=1S/C26H39N3O5/c1-17(2)13-22(25(32)28-21(16-30)15-20-11-12-27-24(20)31)29-26(33)34-23-10-6-9-19(23)14-18-7-4-3-5-8-18/h3-5,7-8,17,19-23,30H,6,9-16H2,1-2H3,(H,27,31)(H,28,32)(H,29,33)/t19?,20-,21-,22-,23?/m0/s1. The Kier molecular flexibility index (Phi) is 9.74. The first-order valence-electron chi connectivity index (χ1n) is 12.6. The van der Waals surface area contributed by atoms with Crippen LogP contribution < -0.4 is 16.0 Å². The summed E-state index contributed by atoms with van der Waals surface area (Å²) >= 11 is 0. The van der Waals surface area contributed by atoms with Crippen molar-refractivity contribution >= 4 is 17.9 Å². The van der Waals surface area contributed by atoms with E-state index in [0.29, 0.717) is 25.8 Å². The topological polar surface area (TPSA) is 117 Å². The minimum atomic E-state index is -0.770. The van der Waals surface area contributed by atoms with E-state index in [1.54, 1.807) is 0 Å². The molecule has 8 nitrogen and oxygen atoms in total. The average Bonchev–Trinajstić information content (AvgIpc) is 3.41. The maximum absolute atomic E-state index is 13.0. The van der Waals surface area contributed by atoms with Gasteiger partial charge in [0.05, 0.1) is 12.6 Å². The first-order valence-corrected chi connectivity index (χ1v) is 12.6. The molecular weight excluding hydrogens is 434 g/mol. The zero-order valence-corrected chi connectivity index (χ0v) is 20.3. The molecule has 1 aliphatic carbocycles. The molecule has 2 fully saturated rings. The molecule has 1 aliphatic heterocycles. The number of nitrogens with one attached hydrogen (secondary N) is 3. The van der Waals surface area contributed by atoms with Gasteiger partial charge in [0.15, 0.2) is 0 Å². The molecule has 188 valence electrons. The van der Waals surface area contributed by atoms with E-state index in [1.165, 1.54) is 5.56 Å². The minimum absolute atomic E-state index is 0.0465. The van der Waals surface area contributed by atoms with Crippen molar-refractivity contribution in [3.8, 4) is 0 Å². The first kappa shape index (κ1) is 26.0. The molecule has 8 heteroatoms. The number of carbonyl (C=O) groups excluding carboxylic acids is 3. The Hall–Kier alpha value is -2.61. The highest BCUT2D eigenvalue weighted by molar-refractivity contribution is 5.86. The lowest BCUT2D eigenvalue weighted by atomic mass is 9.96. The van der Waals surface area contributed by atoms with Crippen molar-refractivity contribution in [3.05, 3.63) is 35.9 Å². The smallest absolute Gasteiger partial charge is 0.408 e. The number of ether oxygens (including phenoxy) is 1. The van der Waals surface area contributed by atoms with Gasteiger partial charge in [0, 0.05) is 18.4 Å². The second kappa shape index (κ2) is 12.7. The second-order valence-electron chi connectivity index (χ2n) is 10.1. The summed E-state index contributed by atoms with van der Waals surface area (Å²) < 4.78 is 5.78. The number of hydrogen-bond donors (Lipinski definition) is 4. The quantitative estimate of drug-likeness (QED) is 0.394. The lowest BCUT2D eigenvalue weighted by Gasteiger charge is -2.26. The van der Waals surface area contributed by atoms with Crippen LogP contribution in [0, 0.1) is 17.8 Å². The van der Waals surface area contributed by atoms with Crippen LogP contribution >= 0.6 is 0 Å². The third-order valence-electron chi connectivity index (χ3n) is 6.80. The van der Waals surface area contributed by atoms with Crippen LogP contribution in [-0.2, 0) is 20.7 Å². The van der Waals surface area contributed by atoms with Crippen molar-refractivity contribution < 1.29 is 24.2 Å². The summed E-state index contributed by atoms with van der Waals surface area (Å²) in [6, 6.07) is 8.88. The predicted octanol–water partition coefficient (Wildman–Crippen LogP) is 2.54. The Bertz CT molecular complexity index is 816. The Morgan fingerprint density at radius 1 is 1.15 bits per heavy atom. The van der Waals surface area contributed by atoms with E-state index < -0.39 is 18.2 Å². The molecule has 4 N–H and O–H groups in total. The monoisotopic (exact) mass is 473 g/mol. The molecule has 2 unspecified atom stereocenters. The van der Waals surface area contributed by atoms with E-state index in [-0.39, 0.29) is 42.3 Å². The zero-order chi connectivity index (χ0) is 24.5. The Balaban J connectivity index is 1.54. The molecule has 0 spiro atoms. The van der Waals surface area contributed by atoms with Crippen molar-refractivity contribution in [2.45, 2.75) is 77.0 Å². The van der Waals surface area contributed by atoms with Gasteiger partial charge in [-0.1, -0.05) is 44.2 Å². The summed E-state index contributed by atoms with van der Waals surface area (Å²) in [5.74, 6) is -0.198. The lowest BCUT2D eigenvalue weighted by Crippen LogP contribution is -2.52.